The van der Waals surface area contributed by atoms with Gasteiger partial charge >= 0.3 is 0 Å². The van der Waals surface area contributed by atoms with Gasteiger partial charge in [0.2, 0.25) is 10.0 Å². The normalized spacial score (nSPS) is 11.7. The summed E-state index contributed by atoms with van der Waals surface area (Å²) < 4.78 is 26.7. The van der Waals surface area contributed by atoms with E-state index in [1.165, 1.54) is 12.1 Å². The van der Waals surface area contributed by atoms with E-state index in [0.717, 1.165) is 5.56 Å². The summed E-state index contributed by atoms with van der Waals surface area (Å²) in [6.45, 7) is 0.685. The zero-order valence-electron chi connectivity index (χ0n) is 10.9. The van der Waals surface area contributed by atoms with Gasteiger partial charge in [0, 0.05) is 24.0 Å². The summed E-state index contributed by atoms with van der Waals surface area (Å²) in [5.74, 6) is 0.548. The van der Waals surface area contributed by atoms with Crippen LogP contribution in [-0.4, -0.2) is 25.4 Å². The van der Waals surface area contributed by atoms with Crippen molar-refractivity contribution in [3.8, 4) is 0 Å². The zero-order valence-corrected chi connectivity index (χ0v) is 12.4. The minimum absolute atomic E-state index is 0.102. The van der Waals surface area contributed by atoms with Crippen molar-refractivity contribution in [2.75, 3.05) is 7.05 Å². The lowest BCUT2D eigenvalue weighted by molar-refractivity contribution is 0.579. The van der Waals surface area contributed by atoms with Gasteiger partial charge in [-0.05, 0) is 24.7 Å². The Balaban J connectivity index is 2.14. The lowest BCUT2D eigenvalue weighted by atomic mass is 10.2. The summed E-state index contributed by atoms with van der Waals surface area (Å²) in [7, 11) is -1.81. The van der Waals surface area contributed by atoms with E-state index in [1.54, 1.807) is 25.5 Å². The second-order valence-electron chi connectivity index (χ2n) is 4.14. The Morgan fingerprint density at radius 3 is 2.75 bits per heavy atom. The van der Waals surface area contributed by atoms with Gasteiger partial charge in [0.05, 0.1) is 11.4 Å². The molecule has 20 heavy (non-hydrogen) atoms. The Morgan fingerprint density at radius 2 is 2.15 bits per heavy atom. The lowest BCUT2D eigenvalue weighted by Gasteiger charge is -2.08. The fourth-order valence-electron chi connectivity index (χ4n) is 1.67. The fraction of sp³-hybridized carbons (Fsp3) is 0.250. The Kier molecular flexibility index (Phi) is 4.77. The number of nitrogens with one attached hydrogen (secondary N) is 3. The van der Waals surface area contributed by atoms with Gasteiger partial charge in [-0.25, -0.2) is 18.1 Å². The number of benzene rings is 1. The molecule has 108 valence electrons. The molecule has 0 saturated heterocycles. The largest absolute Gasteiger partial charge is 0.347 e. The Bertz CT molecular complexity index is 671. The van der Waals surface area contributed by atoms with Crippen molar-refractivity contribution in [1.29, 1.82) is 0 Å². The summed E-state index contributed by atoms with van der Waals surface area (Å²) >= 11 is 6.06. The number of aromatic nitrogens is 2. The molecule has 0 bridgehead atoms. The van der Waals surface area contributed by atoms with Crippen molar-refractivity contribution in [3.63, 3.8) is 0 Å². The van der Waals surface area contributed by atoms with Gasteiger partial charge < -0.3 is 10.3 Å². The molecule has 0 saturated carbocycles. The third-order valence-electron chi connectivity index (χ3n) is 2.69. The van der Waals surface area contributed by atoms with Crippen molar-refractivity contribution in [2.45, 2.75) is 18.0 Å². The molecule has 2 aromatic rings. The van der Waals surface area contributed by atoms with Crippen LogP contribution in [-0.2, 0) is 23.1 Å². The molecule has 1 aromatic heterocycles. The van der Waals surface area contributed by atoms with Crippen LogP contribution >= 0.6 is 11.6 Å². The predicted octanol–water partition coefficient (Wildman–Crippen LogP) is 1.26. The van der Waals surface area contributed by atoms with Crippen LogP contribution < -0.4 is 10.0 Å². The zero-order chi connectivity index (χ0) is 14.6. The SMILES string of the molecule is CNCc1ccc(S(=O)(=O)NCc2ncc[nH]2)cc1Cl. The van der Waals surface area contributed by atoms with Crippen LogP contribution in [0.15, 0.2) is 35.5 Å². The van der Waals surface area contributed by atoms with E-state index in [1.807, 2.05) is 0 Å². The lowest BCUT2D eigenvalue weighted by Crippen LogP contribution is -2.24. The summed E-state index contributed by atoms with van der Waals surface area (Å²) in [5, 5.41) is 3.38. The van der Waals surface area contributed by atoms with Gasteiger partial charge in [-0.2, -0.15) is 0 Å². The van der Waals surface area contributed by atoms with Gasteiger partial charge in [-0.3, -0.25) is 0 Å². The van der Waals surface area contributed by atoms with E-state index in [0.29, 0.717) is 17.4 Å². The van der Waals surface area contributed by atoms with Crippen molar-refractivity contribution in [3.05, 3.63) is 47.0 Å². The number of hydrogen-bond acceptors (Lipinski definition) is 4. The number of nitrogens with zero attached hydrogens (tertiary/aromatic N) is 1. The molecular formula is C12H15ClN4O2S. The average Bonchev–Trinajstić information content (AvgIpc) is 2.92. The first-order chi connectivity index (χ1) is 9.53. The van der Waals surface area contributed by atoms with E-state index in [2.05, 4.69) is 20.0 Å². The van der Waals surface area contributed by atoms with Gasteiger partial charge in [0.1, 0.15) is 5.82 Å². The van der Waals surface area contributed by atoms with Gasteiger partial charge in [0.15, 0.2) is 0 Å². The third kappa shape index (κ3) is 3.57. The molecule has 1 heterocycles. The topological polar surface area (TPSA) is 86.9 Å². The van der Waals surface area contributed by atoms with Gasteiger partial charge in [-0.15, -0.1) is 0 Å². The Morgan fingerprint density at radius 1 is 1.35 bits per heavy atom. The van der Waals surface area contributed by atoms with Crippen molar-refractivity contribution < 1.29 is 8.42 Å². The highest BCUT2D eigenvalue weighted by molar-refractivity contribution is 7.89. The second-order valence-corrected chi connectivity index (χ2v) is 6.32. The number of hydrogen-bond donors (Lipinski definition) is 3. The van der Waals surface area contributed by atoms with E-state index in [-0.39, 0.29) is 11.4 Å². The van der Waals surface area contributed by atoms with E-state index < -0.39 is 10.0 Å². The highest BCUT2D eigenvalue weighted by Crippen LogP contribution is 2.20. The molecular weight excluding hydrogens is 300 g/mol. The maximum atomic E-state index is 12.1. The van der Waals surface area contributed by atoms with Crippen molar-refractivity contribution >= 4 is 21.6 Å². The minimum atomic E-state index is -3.61. The molecule has 0 amide bonds. The highest BCUT2D eigenvalue weighted by Gasteiger charge is 2.15. The molecule has 0 fully saturated rings. The number of H-pyrrole nitrogens is 1. The molecule has 0 radical (unpaired) electrons. The van der Waals surface area contributed by atoms with E-state index in [4.69, 9.17) is 11.6 Å². The summed E-state index contributed by atoms with van der Waals surface area (Å²) in [6.07, 6.45) is 3.19. The maximum Gasteiger partial charge on any atom is 0.241 e. The molecule has 0 unspecified atom stereocenters. The van der Waals surface area contributed by atoms with Gasteiger partial charge in [0.25, 0.3) is 0 Å². The van der Waals surface area contributed by atoms with Crippen LogP contribution in [0, 0.1) is 0 Å². The molecule has 0 spiro atoms. The first kappa shape index (κ1) is 15.0. The quantitative estimate of drug-likeness (QED) is 0.749. The molecule has 3 N–H and O–H groups in total. The first-order valence-corrected chi connectivity index (χ1v) is 7.80. The van der Waals surface area contributed by atoms with Gasteiger partial charge in [-0.1, -0.05) is 17.7 Å². The van der Waals surface area contributed by atoms with Crippen LogP contribution in [0.4, 0.5) is 0 Å². The number of rotatable bonds is 6. The molecule has 0 aliphatic rings. The minimum Gasteiger partial charge on any atom is -0.347 e. The smallest absolute Gasteiger partial charge is 0.241 e. The van der Waals surface area contributed by atoms with Crippen LogP contribution in [0.5, 0.6) is 0 Å². The molecule has 0 atom stereocenters. The predicted molar refractivity (Wildman–Crippen MR) is 76.8 cm³/mol. The molecule has 2 rings (SSSR count). The Labute approximate surface area is 122 Å². The van der Waals surface area contributed by atoms with Crippen molar-refractivity contribution in [2.24, 2.45) is 0 Å². The molecule has 0 aliphatic heterocycles. The number of imidazole rings is 1. The second kappa shape index (κ2) is 6.36. The van der Waals surface area contributed by atoms with Crippen molar-refractivity contribution in [1.82, 2.24) is 20.0 Å². The molecule has 0 aliphatic carbocycles. The maximum absolute atomic E-state index is 12.1. The highest BCUT2D eigenvalue weighted by atomic mass is 35.5. The standard InChI is InChI=1S/C12H15ClN4O2S/c1-14-7-9-2-3-10(6-11(9)13)20(18,19)17-8-12-15-4-5-16-12/h2-6,14,17H,7-8H2,1H3,(H,15,16). The summed E-state index contributed by atoms with van der Waals surface area (Å²) in [4.78, 5) is 6.91. The monoisotopic (exact) mass is 314 g/mol. The number of halogens is 1. The fourth-order valence-corrected chi connectivity index (χ4v) is 3.00. The number of aromatic amines is 1. The Hall–Kier alpha value is -1.41. The van der Waals surface area contributed by atoms with Crippen LogP contribution in [0.2, 0.25) is 5.02 Å². The van der Waals surface area contributed by atoms with Crippen LogP contribution in [0.1, 0.15) is 11.4 Å². The first-order valence-electron chi connectivity index (χ1n) is 5.94. The van der Waals surface area contributed by atoms with E-state index in [9.17, 15) is 8.42 Å². The third-order valence-corrected chi connectivity index (χ3v) is 4.44. The van der Waals surface area contributed by atoms with Crippen LogP contribution in [0.25, 0.3) is 0 Å². The molecule has 8 heteroatoms. The number of sulfonamides is 1. The van der Waals surface area contributed by atoms with Crippen LogP contribution in [0.3, 0.4) is 0 Å². The average molecular weight is 315 g/mol. The van der Waals surface area contributed by atoms with E-state index >= 15 is 0 Å². The summed E-state index contributed by atoms with van der Waals surface area (Å²) in [5.41, 5.74) is 0.846. The molecule has 6 nitrogen and oxygen atoms in total. The summed E-state index contributed by atoms with van der Waals surface area (Å²) in [6, 6.07) is 4.67. The molecule has 1 aromatic carbocycles.